The smallest absolute Gasteiger partial charge is 0.0861 e. The third-order valence-electron chi connectivity index (χ3n) is 2.94. The van der Waals surface area contributed by atoms with E-state index in [-0.39, 0.29) is 12.1 Å². The van der Waals surface area contributed by atoms with Gasteiger partial charge in [-0.15, -0.1) is 0 Å². The Morgan fingerprint density at radius 3 is 2.67 bits per heavy atom. The van der Waals surface area contributed by atoms with Crippen LogP contribution in [0.1, 0.15) is 5.56 Å². The molecule has 1 saturated heterocycles. The quantitative estimate of drug-likeness (QED) is 0.796. The van der Waals surface area contributed by atoms with Crippen LogP contribution in [-0.2, 0) is 11.3 Å². The molecule has 1 aromatic carbocycles. The minimum absolute atomic E-state index is 0.152. The van der Waals surface area contributed by atoms with E-state index in [0.29, 0.717) is 0 Å². The molecule has 0 aromatic heterocycles. The fraction of sp³-hybridized carbons (Fsp3) is 0.500. The minimum atomic E-state index is 0.152. The normalized spacial score (nSPS) is 27.1. The van der Waals surface area contributed by atoms with Gasteiger partial charge in [-0.1, -0.05) is 30.3 Å². The van der Waals surface area contributed by atoms with E-state index in [4.69, 9.17) is 10.5 Å². The number of hydrogen-bond donors (Lipinski definition) is 1. The maximum Gasteiger partial charge on any atom is 0.0861 e. The van der Waals surface area contributed by atoms with Gasteiger partial charge >= 0.3 is 0 Å². The Balaban J connectivity index is 1.92. The topological polar surface area (TPSA) is 38.5 Å². The summed E-state index contributed by atoms with van der Waals surface area (Å²) in [6, 6.07) is 10.6. The van der Waals surface area contributed by atoms with Crippen molar-refractivity contribution >= 4 is 0 Å². The molecule has 1 fully saturated rings. The average molecular weight is 206 g/mol. The molecule has 0 amide bonds. The van der Waals surface area contributed by atoms with E-state index in [0.717, 1.165) is 19.6 Å². The van der Waals surface area contributed by atoms with Gasteiger partial charge in [0.1, 0.15) is 0 Å². The molecule has 0 spiro atoms. The Morgan fingerprint density at radius 2 is 2.07 bits per heavy atom. The van der Waals surface area contributed by atoms with Gasteiger partial charge in [0, 0.05) is 32.8 Å². The molecule has 1 aliphatic rings. The first-order chi connectivity index (χ1) is 7.29. The lowest BCUT2D eigenvalue weighted by molar-refractivity contribution is 0.0976. The predicted octanol–water partition coefficient (Wildman–Crippen LogP) is 0.845. The summed E-state index contributed by atoms with van der Waals surface area (Å²) >= 11 is 0. The van der Waals surface area contributed by atoms with Crippen molar-refractivity contribution in [1.29, 1.82) is 0 Å². The molecule has 3 nitrogen and oxygen atoms in total. The van der Waals surface area contributed by atoms with Crippen LogP contribution in [0.3, 0.4) is 0 Å². The van der Waals surface area contributed by atoms with Crippen molar-refractivity contribution in [3.05, 3.63) is 35.9 Å². The van der Waals surface area contributed by atoms with Crippen LogP contribution in [0.4, 0.5) is 0 Å². The maximum atomic E-state index is 5.97. The number of nitrogens with zero attached hydrogens (tertiary/aromatic N) is 1. The highest BCUT2D eigenvalue weighted by Crippen LogP contribution is 2.14. The zero-order valence-corrected chi connectivity index (χ0v) is 9.10. The van der Waals surface area contributed by atoms with Crippen molar-refractivity contribution in [1.82, 2.24) is 4.90 Å². The molecule has 2 N–H and O–H groups in total. The van der Waals surface area contributed by atoms with Gasteiger partial charge in [-0.3, -0.25) is 4.90 Å². The Hall–Kier alpha value is -0.900. The van der Waals surface area contributed by atoms with Crippen molar-refractivity contribution < 1.29 is 4.74 Å². The van der Waals surface area contributed by atoms with E-state index >= 15 is 0 Å². The zero-order chi connectivity index (χ0) is 10.7. The Morgan fingerprint density at radius 1 is 1.33 bits per heavy atom. The van der Waals surface area contributed by atoms with E-state index in [1.165, 1.54) is 5.56 Å². The van der Waals surface area contributed by atoms with Gasteiger partial charge < -0.3 is 10.5 Å². The first-order valence-corrected chi connectivity index (χ1v) is 5.34. The number of methoxy groups -OCH3 is 1. The summed E-state index contributed by atoms with van der Waals surface area (Å²) in [6.45, 7) is 2.83. The van der Waals surface area contributed by atoms with E-state index in [2.05, 4.69) is 29.2 Å². The molecule has 0 aliphatic carbocycles. The van der Waals surface area contributed by atoms with Gasteiger partial charge in [0.2, 0.25) is 0 Å². The van der Waals surface area contributed by atoms with Gasteiger partial charge in [-0.2, -0.15) is 0 Å². The van der Waals surface area contributed by atoms with Crippen LogP contribution < -0.4 is 5.73 Å². The number of rotatable bonds is 3. The van der Waals surface area contributed by atoms with Gasteiger partial charge in [0.05, 0.1) is 6.10 Å². The summed E-state index contributed by atoms with van der Waals surface area (Å²) in [5, 5.41) is 0. The van der Waals surface area contributed by atoms with Crippen LogP contribution in [0.5, 0.6) is 0 Å². The first kappa shape index (κ1) is 10.6. The summed E-state index contributed by atoms with van der Waals surface area (Å²) < 4.78 is 5.32. The summed E-state index contributed by atoms with van der Waals surface area (Å²) in [5.74, 6) is 0. The lowest BCUT2D eigenvalue weighted by Crippen LogP contribution is -2.34. The number of benzene rings is 1. The maximum absolute atomic E-state index is 5.97. The predicted molar refractivity (Wildman–Crippen MR) is 60.5 cm³/mol. The van der Waals surface area contributed by atoms with Crippen LogP contribution in [0, 0.1) is 0 Å². The second-order valence-electron chi connectivity index (χ2n) is 4.12. The van der Waals surface area contributed by atoms with E-state index in [1.807, 2.05) is 6.07 Å². The third kappa shape index (κ3) is 2.56. The van der Waals surface area contributed by atoms with Crippen molar-refractivity contribution in [2.24, 2.45) is 5.73 Å². The number of ether oxygens (including phenoxy) is 1. The van der Waals surface area contributed by atoms with Crippen molar-refractivity contribution in [3.63, 3.8) is 0 Å². The molecule has 2 rings (SSSR count). The zero-order valence-electron chi connectivity index (χ0n) is 9.10. The fourth-order valence-corrected chi connectivity index (χ4v) is 2.10. The molecule has 1 heterocycles. The molecule has 0 saturated carbocycles. The number of nitrogens with two attached hydrogens (primary N) is 1. The fourth-order valence-electron chi connectivity index (χ4n) is 2.10. The minimum Gasteiger partial charge on any atom is -0.378 e. The molecular weight excluding hydrogens is 188 g/mol. The molecule has 3 heteroatoms. The van der Waals surface area contributed by atoms with E-state index in [9.17, 15) is 0 Å². The van der Waals surface area contributed by atoms with E-state index in [1.54, 1.807) is 7.11 Å². The third-order valence-corrected chi connectivity index (χ3v) is 2.94. The lowest BCUT2D eigenvalue weighted by atomic mass is 10.2. The monoisotopic (exact) mass is 206 g/mol. The highest BCUT2D eigenvalue weighted by molar-refractivity contribution is 5.14. The molecule has 2 atom stereocenters. The van der Waals surface area contributed by atoms with Crippen LogP contribution in [0.2, 0.25) is 0 Å². The lowest BCUT2D eigenvalue weighted by Gasteiger charge is -2.14. The average Bonchev–Trinajstić information content (AvgIpc) is 2.60. The first-order valence-electron chi connectivity index (χ1n) is 5.34. The van der Waals surface area contributed by atoms with Crippen LogP contribution in [-0.4, -0.2) is 37.2 Å². The van der Waals surface area contributed by atoms with Crippen LogP contribution in [0.15, 0.2) is 30.3 Å². The molecule has 0 bridgehead atoms. The van der Waals surface area contributed by atoms with Crippen molar-refractivity contribution in [3.8, 4) is 0 Å². The summed E-state index contributed by atoms with van der Waals surface area (Å²) in [7, 11) is 1.73. The summed E-state index contributed by atoms with van der Waals surface area (Å²) in [5.41, 5.74) is 7.30. The van der Waals surface area contributed by atoms with Crippen LogP contribution in [0.25, 0.3) is 0 Å². The highest BCUT2D eigenvalue weighted by Gasteiger charge is 2.29. The van der Waals surface area contributed by atoms with Gasteiger partial charge in [0.15, 0.2) is 0 Å². The second kappa shape index (κ2) is 4.75. The van der Waals surface area contributed by atoms with Gasteiger partial charge in [-0.25, -0.2) is 0 Å². The Bertz CT molecular complexity index is 302. The summed E-state index contributed by atoms with van der Waals surface area (Å²) in [4.78, 5) is 2.34. The SMILES string of the molecule is CO[C@@H]1CN(Cc2ccccc2)C[C@H]1N. The standard InChI is InChI=1S/C12H18N2O/c1-15-12-9-14(8-11(12)13)7-10-5-3-2-4-6-10/h2-6,11-12H,7-9,13H2,1H3/t11-,12-/m1/s1. The number of likely N-dealkylation sites (tertiary alicyclic amines) is 1. The van der Waals surface area contributed by atoms with E-state index < -0.39 is 0 Å². The molecule has 1 aliphatic heterocycles. The summed E-state index contributed by atoms with van der Waals surface area (Å²) in [6.07, 6.45) is 0.189. The molecule has 0 unspecified atom stereocenters. The molecule has 1 aromatic rings. The largest absolute Gasteiger partial charge is 0.378 e. The number of hydrogen-bond acceptors (Lipinski definition) is 3. The molecule has 82 valence electrons. The Kier molecular flexibility index (Phi) is 3.36. The van der Waals surface area contributed by atoms with Gasteiger partial charge in [-0.05, 0) is 5.56 Å². The molecular formula is C12H18N2O. The second-order valence-corrected chi connectivity index (χ2v) is 4.12. The van der Waals surface area contributed by atoms with Crippen molar-refractivity contribution in [2.45, 2.75) is 18.7 Å². The van der Waals surface area contributed by atoms with Crippen LogP contribution >= 0.6 is 0 Å². The molecule has 15 heavy (non-hydrogen) atoms. The highest BCUT2D eigenvalue weighted by atomic mass is 16.5. The van der Waals surface area contributed by atoms with Gasteiger partial charge in [0.25, 0.3) is 0 Å². The Labute approximate surface area is 90.8 Å². The van der Waals surface area contributed by atoms with Crippen molar-refractivity contribution in [2.75, 3.05) is 20.2 Å². The molecule has 0 radical (unpaired) electrons.